The van der Waals surface area contributed by atoms with Crippen molar-refractivity contribution in [2.24, 2.45) is 17.8 Å². The number of allylic oxidation sites excluding steroid dienone is 2. The van der Waals surface area contributed by atoms with Crippen LogP contribution in [0.15, 0.2) is 48.2 Å². The van der Waals surface area contributed by atoms with Gasteiger partial charge in [-0.25, -0.2) is 0 Å². The Morgan fingerprint density at radius 1 is 0.946 bits per heavy atom. The number of hydrogen-bond donors (Lipinski definition) is 1. The molecule has 0 amide bonds. The third-order valence-corrected chi connectivity index (χ3v) is 5.72. The second kappa shape index (κ2) is 15.2. The van der Waals surface area contributed by atoms with Gasteiger partial charge in [0.15, 0.2) is 5.78 Å². The van der Waals surface area contributed by atoms with Crippen molar-refractivity contribution in [3.8, 4) is 11.3 Å². The molecule has 0 aliphatic rings. The minimum atomic E-state index is 0. The van der Waals surface area contributed by atoms with Gasteiger partial charge in [-0.3, -0.25) is 9.78 Å². The molecule has 1 aromatic heterocycles. The SMILES string of the molecule is CC(C)CC(=O)/C=C(\O)CC(C)C.Cc1[c-]c(-c2cc(C)c3c(CC(C)C)cccc3n2)cc(C)c1.[Ir]. The van der Waals surface area contributed by atoms with Crippen LogP contribution in [0, 0.1) is 44.6 Å². The number of carbonyl (C=O) groups excluding carboxylic acids is 1. The summed E-state index contributed by atoms with van der Waals surface area (Å²) in [7, 11) is 0. The first-order valence-electron chi connectivity index (χ1n) is 13.2. The maximum absolute atomic E-state index is 11.2. The van der Waals surface area contributed by atoms with Crippen LogP contribution in [0.1, 0.15) is 76.6 Å². The average Bonchev–Trinajstić information content (AvgIpc) is 2.71. The summed E-state index contributed by atoms with van der Waals surface area (Å²) in [4.78, 5) is 16.1. The molecule has 1 radical (unpaired) electrons. The van der Waals surface area contributed by atoms with E-state index < -0.39 is 0 Å². The van der Waals surface area contributed by atoms with E-state index in [0.717, 1.165) is 28.8 Å². The number of aliphatic hydroxyl groups excluding tert-OH is 1. The topological polar surface area (TPSA) is 50.2 Å². The van der Waals surface area contributed by atoms with Crippen LogP contribution in [-0.4, -0.2) is 15.9 Å². The summed E-state index contributed by atoms with van der Waals surface area (Å²) >= 11 is 0. The summed E-state index contributed by atoms with van der Waals surface area (Å²) < 4.78 is 0. The van der Waals surface area contributed by atoms with Gasteiger partial charge in [-0.05, 0) is 54.0 Å². The number of aliphatic hydroxyl groups is 1. The van der Waals surface area contributed by atoms with Gasteiger partial charge in [-0.15, -0.1) is 34.9 Å². The second-order valence-corrected chi connectivity index (χ2v) is 11.3. The Hall–Kier alpha value is -2.29. The maximum atomic E-state index is 11.2. The fourth-order valence-corrected chi connectivity index (χ4v) is 4.48. The van der Waals surface area contributed by atoms with E-state index in [4.69, 9.17) is 4.98 Å². The first-order chi connectivity index (χ1) is 16.8. The molecule has 37 heavy (non-hydrogen) atoms. The van der Waals surface area contributed by atoms with E-state index in [9.17, 15) is 9.90 Å². The van der Waals surface area contributed by atoms with Crippen molar-refractivity contribution in [3.05, 3.63) is 76.6 Å². The molecule has 1 N–H and O–H groups in total. The standard InChI is InChI=1S/C22H24N.C11H20O2.Ir/c1-14(2)9-18-7-6-8-20-22(18)17(5)13-21(23-20)19-11-15(3)10-16(4)12-19;1-8(2)5-10(12)7-11(13)6-9(3)4;/h6-8,10-11,13-14H,9H2,1-5H3;7-9,12H,5-6H2,1-4H3;/q-1;;/b;10-7-;. The minimum absolute atomic E-state index is 0. The van der Waals surface area contributed by atoms with Gasteiger partial charge < -0.3 is 5.11 Å². The molecule has 0 aliphatic heterocycles. The third kappa shape index (κ3) is 10.9. The smallest absolute Gasteiger partial charge is 0.159 e. The van der Waals surface area contributed by atoms with Crippen LogP contribution in [-0.2, 0) is 31.3 Å². The van der Waals surface area contributed by atoms with Crippen LogP contribution in [0.3, 0.4) is 0 Å². The van der Waals surface area contributed by atoms with Gasteiger partial charge in [-0.1, -0.05) is 73.6 Å². The fraction of sp³-hybridized carbons (Fsp3) is 0.455. The van der Waals surface area contributed by atoms with Crippen LogP contribution in [0.2, 0.25) is 0 Å². The van der Waals surface area contributed by atoms with Gasteiger partial charge >= 0.3 is 0 Å². The zero-order chi connectivity index (χ0) is 27.0. The summed E-state index contributed by atoms with van der Waals surface area (Å²) in [5.41, 5.74) is 8.31. The molecule has 203 valence electrons. The number of carbonyl (C=O) groups is 1. The molecule has 0 saturated carbocycles. The fourth-order valence-electron chi connectivity index (χ4n) is 4.48. The predicted molar refractivity (Wildman–Crippen MR) is 153 cm³/mol. The zero-order valence-electron chi connectivity index (χ0n) is 24.0. The van der Waals surface area contributed by atoms with Crippen LogP contribution in [0.25, 0.3) is 22.2 Å². The molecular formula is C33H44IrNO2-. The number of hydrogen-bond acceptors (Lipinski definition) is 3. The molecule has 0 fully saturated rings. The third-order valence-electron chi connectivity index (χ3n) is 5.72. The molecule has 0 unspecified atom stereocenters. The van der Waals surface area contributed by atoms with E-state index in [1.54, 1.807) is 0 Å². The van der Waals surface area contributed by atoms with Crippen molar-refractivity contribution in [1.82, 2.24) is 4.98 Å². The summed E-state index contributed by atoms with van der Waals surface area (Å²) in [6.07, 6.45) is 3.56. The molecule has 1 heterocycles. The van der Waals surface area contributed by atoms with Gasteiger partial charge in [0.05, 0.1) is 11.3 Å². The molecule has 4 heteroatoms. The largest absolute Gasteiger partial charge is 0.512 e. The Kier molecular flexibility index (Phi) is 13.4. The molecule has 3 aromatic rings. The normalized spacial score (nSPS) is 11.5. The van der Waals surface area contributed by atoms with Crippen LogP contribution in [0.4, 0.5) is 0 Å². The average molecular weight is 679 g/mol. The maximum Gasteiger partial charge on any atom is 0.159 e. The Morgan fingerprint density at radius 3 is 2.16 bits per heavy atom. The van der Waals surface area contributed by atoms with E-state index in [2.05, 4.69) is 77.1 Å². The van der Waals surface area contributed by atoms with Crippen molar-refractivity contribution in [2.45, 2.75) is 81.6 Å². The van der Waals surface area contributed by atoms with E-state index in [-0.39, 0.29) is 31.6 Å². The van der Waals surface area contributed by atoms with E-state index in [1.807, 2.05) is 27.7 Å². The quantitative estimate of drug-likeness (QED) is 0.147. The summed E-state index contributed by atoms with van der Waals surface area (Å²) in [6, 6.07) is 16.4. The number of nitrogens with zero attached hydrogens (tertiary/aromatic N) is 1. The van der Waals surface area contributed by atoms with Gasteiger partial charge in [0, 0.05) is 44.4 Å². The van der Waals surface area contributed by atoms with Crippen molar-refractivity contribution in [2.75, 3.05) is 0 Å². The summed E-state index contributed by atoms with van der Waals surface area (Å²) in [6.45, 7) is 18.9. The molecule has 0 bridgehead atoms. The Balaban J connectivity index is 0.000000423. The number of aryl methyl sites for hydroxylation is 3. The van der Waals surface area contributed by atoms with Gasteiger partial charge in [0.25, 0.3) is 0 Å². The number of rotatable bonds is 8. The van der Waals surface area contributed by atoms with Crippen LogP contribution < -0.4 is 0 Å². The predicted octanol–water partition coefficient (Wildman–Crippen LogP) is 8.91. The monoisotopic (exact) mass is 679 g/mol. The number of benzene rings is 2. The summed E-state index contributed by atoms with van der Waals surface area (Å²) in [5.74, 6) is 1.62. The number of ketones is 1. The van der Waals surface area contributed by atoms with Crippen LogP contribution >= 0.6 is 0 Å². The Morgan fingerprint density at radius 2 is 1.59 bits per heavy atom. The molecule has 3 nitrogen and oxygen atoms in total. The van der Waals surface area contributed by atoms with Gasteiger partial charge in [0.2, 0.25) is 0 Å². The first kappa shape index (κ1) is 32.7. The molecule has 0 spiro atoms. The van der Waals surface area contributed by atoms with E-state index >= 15 is 0 Å². The molecule has 3 rings (SSSR count). The zero-order valence-corrected chi connectivity index (χ0v) is 26.4. The van der Waals surface area contributed by atoms with Crippen molar-refractivity contribution < 1.29 is 30.0 Å². The molecule has 0 saturated heterocycles. The number of pyridine rings is 1. The number of aromatic nitrogens is 1. The molecular weight excluding hydrogens is 635 g/mol. The molecule has 0 atom stereocenters. The van der Waals surface area contributed by atoms with Crippen LogP contribution in [0.5, 0.6) is 0 Å². The number of fused-ring (bicyclic) bond motifs is 1. The van der Waals surface area contributed by atoms with E-state index in [0.29, 0.717) is 30.6 Å². The minimum Gasteiger partial charge on any atom is -0.512 e. The summed E-state index contributed by atoms with van der Waals surface area (Å²) in [5, 5.41) is 10.7. The van der Waals surface area contributed by atoms with Crippen molar-refractivity contribution in [1.29, 1.82) is 0 Å². The Labute approximate surface area is 238 Å². The second-order valence-electron chi connectivity index (χ2n) is 11.3. The van der Waals surface area contributed by atoms with Gasteiger partial charge in [0.1, 0.15) is 0 Å². The van der Waals surface area contributed by atoms with Gasteiger partial charge in [-0.2, -0.15) is 0 Å². The van der Waals surface area contributed by atoms with E-state index in [1.165, 1.54) is 28.2 Å². The van der Waals surface area contributed by atoms with Crippen molar-refractivity contribution in [3.63, 3.8) is 0 Å². The molecule has 0 aliphatic carbocycles. The first-order valence-corrected chi connectivity index (χ1v) is 13.2. The Bertz CT molecular complexity index is 1190. The van der Waals surface area contributed by atoms with Crippen molar-refractivity contribution >= 4 is 16.7 Å². The molecule has 2 aromatic carbocycles.